The first-order chi connectivity index (χ1) is 11.2. The van der Waals surface area contributed by atoms with Crippen LogP contribution in [0.3, 0.4) is 0 Å². The van der Waals surface area contributed by atoms with Gasteiger partial charge in [-0.05, 0) is 30.3 Å². The Balaban J connectivity index is 2.36. The van der Waals surface area contributed by atoms with Gasteiger partial charge in [0.1, 0.15) is 23.1 Å². The molecule has 0 atom stereocenters. The molecule has 3 aromatic rings. The quantitative estimate of drug-likeness (QED) is 0.802. The molecule has 0 aliphatic rings. The highest BCUT2D eigenvalue weighted by Gasteiger charge is 2.17. The fraction of sp³-hybridized carbons (Fsp3) is 0.111. The SMILES string of the molecule is COc1ccc2nc(-c3ccccc3OC)c(C#N)c(N)c2c1. The number of methoxy groups -OCH3 is 2. The van der Waals surface area contributed by atoms with Gasteiger partial charge in [0, 0.05) is 10.9 Å². The van der Waals surface area contributed by atoms with Gasteiger partial charge in [-0.15, -0.1) is 0 Å². The first-order valence-corrected chi connectivity index (χ1v) is 7.00. The molecular weight excluding hydrogens is 290 g/mol. The third kappa shape index (κ3) is 2.40. The van der Waals surface area contributed by atoms with Crippen molar-refractivity contribution in [3.8, 4) is 28.8 Å². The Morgan fingerprint density at radius 1 is 1.09 bits per heavy atom. The number of nitriles is 1. The Morgan fingerprint density at radius 2 is 1.87 bits per heavy atom. The van der Waals surface area contributed by atoms with E-state index >= 15 is 0 Å². The Morgan fingerprint density at radius 3 is 2.57 bits per heavy atom. The fourth-order valence-corrected chi connectivity index (χ4v) is 2.54. The van der Waals surface area contributed by atoms with Crippen LogP contribution in [0.1, 0.15) is 5.56 Å². The van der Waals surface area contributed by atoms with Gasteiger partial charge in [0.15, 0.2) is 0 Å². The molecule has 2 N–H and O–H groups in total. The van der Waals surface area contributed by atoms with E-state index in [0.717, 1.165) is 5.56 Å². The first-order valence-electron chi connectivity index (χ1n) is 7.00. The molecule has 0 saturated heterocycles. The molecule has 0 saturated carbocycles. The number of para-hydroxylation sites is 1. The topological polar surface area (TPSA) is 81.2 Å². The Bertz CT molecular complexity index is 929. The highest BCUT2D eigenvalue weighted by atomic mass is 16.5. The molecule has 1 aromatic heterocycles. The third-order valence-corrected chi connectivity index (χ3v) is 3.71. The minimum atomic E-state index is 0.329. The molecule has 0 aliphatic carbocycles. The van der Waals surface area contributed by atoms with Crippen LogP contribution in [0.4, 0.5) is 5.69 Å². The summed E-state index contributed by atoms with van der Waals surface area (Å²) in [4.78, 5) is 4.62. The van der Waals surface area contributed by atoms with E-state index in [0.29, 0.717) is 39.3 Å². The lowest BCUT2D eigenvalue weighted by Crippen LogP contribution is -2.00. The van der Waals surface area contributed by atoms with E-state index in [1.54, 1.807) is 20.3 Å². The number of nitrogens with zero attached hydrogens (tertiary/aromatic N) is 2. The van der Waals surface area contributed by atoms with Crippen molar-refractivity contribution in [1.29, 1.82) is 5.26 Å². The number of nitrogen functional groups attached to an aromatic ring is 1. The molecule has 0 spiro atoms. The summed E-state index contributed by atoms with van der Waals surface area (Å²) in [5.74, 6) is 1.31. The number of anilines is 1. The van der Waals surface area contributed by atoms with Crippen LogP contribution in [0.15, 0.2) is 42.5 Å². The molecule has 0 aliphatic heterocycles. The smallest absolute Gasteiger partial charge is 0.128 e. The van der Waals surface area contributed by atoms with Gasteiger partial charge in [0.2, 0.25) is 0 Å². The maximum Gasteiger partial charge on any atom is 0.128 e. The predicted octanol–water partition coefficient (Wildman–Crippen LogP) is 3.37. The van der Waals surface area contributed by atoms with Crippen molar-refractivity contribution in [2.75, 3.05) is 20.0 Å². The summed E-state index contributed by atoms with van der Waals surface area (Å²) >= 11 is 0. The van der Waals surface area contributed by atoms with Gasteiger partial charge in [-0.2, -0.15) is 5.26 Å². The Labute approximate surface area is 133 Å². The van der Waals surface area contributed by atoms with Gasteiger partial charge in [0.25, 0.3) is 0 Å². The number of hydrogen-bond donors (Lipinski definition) is 1. The van der Waals surface area contributed by atoms with Crippen LogP contribution < -0.4 is 15.2 Å². The van der Waals surface area contributed by atoms with Gasteiger partial charge in [-0.25, -0.2) is 4.98 Å². The van der Waals surface area contributed by atoms with Crippen molar-refractivity contribution < 1.29 is 9.47 Å². The second kappa shape index (κ2) is 5.85. The number of ether oxygens (including phenoxy) is 2. The van der Waals surface area contributed by atoms with Crippen LogP contribution in [0.5, 0.6) is 11.5 Å². The maximum atomic E-state index is 9.57. The highest BCUT2D eigenvalue weighted by Crippen LogP contribution is 2.36. The number of fused-ring (bicyclic) bond motifs is 1. The summed E-state index contributed by atoms with van der Waals surface area (Å²) in [5, 5.41) is 10.3. The van der Waals surface area contributed by atoms with Crippen LogP contribution in [0.25, 0.3) is 22.2 Å². The zero-order valence-electron chi connectivity index (χ0n) is 12.8. The van der Waals surface area contributed by atoms with Gasteiger partial charge in [-0.3, -0.25) is 0 Å². The molecule has 0 radical (unpaired) electrons. The lowest BCUT2D eigenvalue weighted by molar-refractivity contribution is 0.415. The molecule has 0 unspecified atom stereocenters. The van der Waals surface area contributed by atoms with E-state index in [4.69, 9.17) is 15.2 Å². The Kier molecular flexibility index (Phi) is 3.73. The lowest BCUT2D eigenvalue weighted by Gasteiger charge is -2.13. The van der Waals surface area contributed by atoms with Crippen LogP contribution in [0, 0.1) is 11.3 Å². The average molecular weight is 305 g/mol. The number of benzene rings is 2. The van der Waals surface area contributed by atoms with E-state index in [-0.39, 0.29) is 0 Å². The molecule has 0 fully saturated rings. The number of aromatic nitrogens is 1. The number of hydrogen-bond acceptors (Lipinski definition) is 5. The van der Waals surface area contributed by atoms with E-state index in [1.807, 2.05) is 36.4 Å². The molecule has 3 rings (SSSR count). The maximum absolute atomic E-state index is 9.57. The third-order valence-electron chi connectivity index (χ3n) is 3.71. The largest absolute Gasteiger partial charge is 0.497 e. The van der Waals surface area contributed by atoms with Gasteiger partial charge in [0.05, 0.1) is 31.1 Å². The zero-order chi connectivity index (χ0) is 16.4. The summed E-state index contributed by atoms with van der Waals surface area (Å²) in [6, 6.07) is 15.0. The van der Waals surface area contributed by atoms with E-state index in [9.17, 15) is 5.26 Å². The monoisotopic (exact) mass is 305 g/mol. The van der Waals surface area contributed by atoms with Crippen LogP contribution in [-0.2, 0) is 0 Å². The molecule has 23 heavy (non-hydrogen) atoms. The zero-order valence-corrected chi connectivity index (χ0v) is 12.8. The van der Waals surface area contributed by atoms with Gasteiger partial charge >= 0.3 is 0 Å². The fourth-order valence-electron chi connectivity index (χ4n) is 2.54. The number of rotatable bonds is 3. The Hall–Kier alpha value is -3.26. The van der Waals surface area contributed by atoms with Crippen molar-refractivity contribution in [2.45, 2.75) is 0 Å². The molecule has 5 heteroatoms. The normalized spacial score (nSPS) is 10.3. The minimum absolute atomic E-state index is 0.329. The summed E-state index contributed by atoms with van der Waals surface area (Å²) in [6.07, 6.45) is 0. The first kappa shape index (κ1) is 14.7. The average Bonchev–Trinajstić information content (AvgIpc) is 2.61. The van der Waals surface area contributed by atoms with Crippen LogP contribution >= 0.6 is 0 Å². The molecule has 0 amide bonds. The second-order valence-corrected chi connectivity index (χ2v) is 4.94. The number of pyridine rings is 1. The minimum Gasteiger partial charge on any atom is -0.497 e. The standard InChI is InChI=1S/C18H15N3O2/c1-22-11-7-8-15-13(9-11)17(20)14(10-19)18(21-15)12-5-3-4-6-16(12)23-2/h3-9H,1-2H3,(H2,20,21). The lowest BCUT2D eigenvalue weighted by atomic mass is 10.0. The van der Waals surface area contributed by atoms with E-state index in [1.165, 1.54) is 0 Å². The van der Waals surface area contributed by atoms with Crippen LogP contribution in [0.2, 0.25) is 0 Å². The summed E-state index contributed by atoms with van der Waals surface area (Å²) < 4.78 is 10.6. The van der Waals surface area contributed by atoms with Crippen molar-refractivity contribution in [3.05, 3.63) is 48.0 Å². The van der Waals surface area contributed by atoms with Crippen molar-refractivity contribution in [1.82, 2.24) is 4.98 Å². The number of nitrogens with two attached hydrogens (primary N) is 1. The summed E-state index contributed by atoms with van der Waals surface area (Å²) in [6.45, 7) is 0. The highest BCUT2D eigenvalue weighted by molar-refractivity contribution is 5.98. The van der Waals surface area contributed by atoms with Crippen LogP contribution in [-0.4, -0.2) is 19.2 Å². The molecule has 2 aromatic carbocycles. The summed E-state index contributed by atoms with van der Waals surface area (Å²) in [5.41, 5.74) is 8.88. The molecule has 5 nitrogen and oxygen atoms in total. The van der Waals surface area contributed by atoms with Gasteiger partial charge < -0.3 is 15.2 Å². The molecule has 0 bridgehead atoms. The molecular formula is C18H15N3O2. The van der Waals surface area contributed by atoms with E-state index in [2.05, 4.69) is 11.1 Å². The van der Waals surface area contributed by atoms with E-state index < -0.39 is 0 Å². The van der Waals surface area contributed by atoms with Crippen molar-refractivity contribution in [3.63, 3.8) is 0 Å². The van der Waals surface area contributed by atoms with Crippen molar-refractivity contribution >= 4 is 16.6 Å². The van der Waals surface area contributed by atoms with Crippen molar-refractivity contribution in [2.24, 2.45) is 0 Å². The summed E-state index contributed by atoms with van der Waals surface area (Å²) in [7, 11) is 3.17. The second-order valence-electron chi connectivity index (χ2n) is 4.94. The molecule has 1 heterocycles. The van der Waals surface area contributed by atoms with Gasteiger partial charge in [-0.1, -0.05) is 12.1 Å². The predicted molar refractivity (Wildman–Crippen MR) is 89.4 cm³/mol. The molecule has 114 valence electrons.